The van der Waals surface area contributed by atoms with Crippen molar-refractivity contribution in [1.29, 1.82) is 5.26 Å². The predicted molar refractivity (Wildman–Crippen MR) is 97.9 cm³/mol. The maximum absolute atomic E-state index is 12.5. The summed E-state index contributed by atoms with van der Waals surface area (Å²) in [4.78, 5) is 14.1. The number of halogens is 1. The third kappa shape index (κ3) is 5.04. The van der Waals surface area contributed by atoms with Gasteiger partial charge in [0, 0.05) is 12.6 Å². The average molecular weight is 375 g/mol. The first-order valence-electron chi connectivity index (χ1n) is 7.87. The number of benzene rings is 1. The lowest BCUT2D eigenvalue weighted by molar-refractivity contribution is -0.126. The number of ether oxygens (including phenoxy) is 2. The van der Waals surface area contributed by atoms with E-state index in [2.05, 4.69) is 0 Å². The Bertz CT molecular complexity index is 810. The van der Waals surface area contributed by atoms with Gasteiger partial charge < -0.3 is 18.8 Å². The van der Waals surface area contributed by atoms with Crippen LogP contribution in [0.25, 0.3) is 6.08 Å². The molecular weight excluding hydrogens is 356 g/mol. The fourth-order valence-electron chi connectivity index (χ4n) is 2.35. The number of nitrogens with zero attached hydrogens (tertiary/aromatic N) is 2. The molecule has 0 saturated carbocycles. The first-order chi connectivity index (χ1) is 12.6. The van der Waals surface area contributed by atoms with Gasteiger partial charge in [-0.25, -0.2) is 0 Å². The molecule has 2 rings (SSSR count). The van der Waals surface area contributed by atoms with Crippen molar-refractivity contribution in [3.05, 3.63) is 53.0 Å². The van der Waals surface area contributed by atoms with E-state index in [0.717, 1.165) is 0 Å². The number of methoxy groups -OCH3 is 2. The summed E-state index contributed by atoms with van der Waals surface area (Å²) >= 11 is 6.17. The fraction of sp³-hybridized carbons (Fsp3) is 0.263. The van der Waals surface area contributed by atoms with Crippen molar-refractivity contribution in [2.45, 2.75) is 13.0 Å². The molecule has 26 heavy (non-hydrogen) atoms. The molecule has 0 spiro atoms. The molecule has 0 bridgehead atoms. The van der Waals surface area contributed by atoms with Crippen LogP contribution in [0.15, 0.2) is 41.0 Å². The summed E-state index contributed by atoms with van der Waals surface area (Å²) < 4.78 is 15.7. The Morgan fingerprint density at radius 1 is 1.38 bits per heavy atom. The molecule has 7 heteroatoms. The molecule has 0 saturated heterocycles. The number of carbonyl (C=O) groups is 1. The van der Waals surface area contributed by atoms with Gasteiger partial charge in [0.1, 0.15) is 5.76 Å². The van der Waals surface area contributed by atoms with Crippen LogP contribution in [0.4, 0.5) is 0 Å². The number of hydrogen-bond donors (Lipinski definition) is 0. The minimum atomic E-state index is -0.234. The lowest BCUT2D eigenvalue weighted by Gasteiger charge is -2.18. The molecule has 0 aliphatic carbocycles. The number of rotatable bonds is 8. The van der Waals surface area contributed by atoms with E-state index < -0.39 is 0 Å². The van der Waals surface area contributed by atoms with Gasteiger partial charge in [0.2, 0.25) is 5.91 Å². The Kier molecular flexibility index (Phi) is 7.12. The van der Waals surface area contributed by atoms with Crippen LogP contribution >= 0.6 is 11.6 Å². The van der Waals surface area contributed by atoms with Gasteiger partial charge in [-0.2, -0.15) is 5.26 Å². The minimum absolute atomic E-state index is 0.234. The molecule has 0 aliphatic rings. The predicted octanol–water partition coefficient (Wildman–Crippen LogP) is 3.91. The molecule has 1 amide bonds. The third-order valence-corrected chi connectivity index (χ3v) is 3.89. The Morgan fingerprint density at radius 2 is 2.19 bits per heavy atom. The highest BCUT2D eigenvalue weighted by Gasteiger charge is 2.13. The summed E-state index contributed by atoms with van der Waals surface area (Å²) in [6, 6.07) is 8.98. The fourth-order valence-corrected chi connectivity index (χ4v) is 2.65. The summed E-state index contributed by atoms with van der Waals surface area (Å²) in [5, 5.41) is 9.18. The van der Waals surface area contributed by atoms with E-state index in [1.165, 1.54) is 20.3 Å². The summed E-state index contributed by atoms with van der Waals surface area (Å²) in [5.41, 5.74) is 0.694. The van der Waals surface area contributed by atoms with Crippen molar-refractivity contribution in [1.82, 2.24) is 4.90 Å². The Balaban J connectivity index is 2.17. The molecule has 0 N–H and O–H groups in total. The van der Waals surface area contributed by atoms with Gasteiger partial charge in [0.05, 0.1) is 44.5 Å². The molecule has 136 valence electrons. The monoisotopic (exact) mass is 374 g/mol. The maximum atomic E-state index is 12.5. The normalized spacial score (nSPS) is 10.5. The minimum Gasteiger partial charge on any atom is -0.493 e. The molecule has 0 radical (unpaired) electrons. The zero-order chi connectivity index (χ0) is 18.9. The van der Waals surface area contributed by atoms with Gasteiger partial charge in [0.15, 0.2) is 11.5 Å². The van der Waals surface area contributed by atoms with Crippen molar-refractivity contribution < 1.29 is 18.7 Å². The number of hydrogen-bond acceptors (Lipinski definition) is 5. The van der Waals surface area contributed by atoms with Gasteiger partial charge in [-0.3, -0.25) is 4.79 Å². The first kappa shape index (κ1) is 19.4. The molecule has 6 nitrogen and oxygen atoms in total. The van der Waals surface area contributed by atoms with E-state index in [-0.39, 0.29) is 12.3 Å². The number of carbonyl (C=O) groups excluding carboxylic acids is 1. The van der Waals surface area contributed by atoms with Crippen LogP contribution in [0.1, 0.15) is 17.7 Å². The molecule has 1 aromatic carbocycles. The van der Waals surface area contributed by atoms with Gasteiger partial charge in [0.25, 0.3) is 0 Å². The highest BCUT2D eigenvalue weighted by atomic mass is 35.5. The number of amides is 1. The van der Waals surface area contributed by atoms with Crippen LogP contribution in [-0.4, -0.2) is 31.6 Å². The van der Waals surface area contributed by atoms with Gasteiger partial charge in [-0.15, -0.1) is 0 Å². The van der Waals surface area contributed by atoms with Gasteiger partial charge in [-0.1, -0.05) is 11.6 Å². The Morgan fingerprint density at radius 3 is 2.81 bits per heavy atom. The molecule has 0 atom stereocenters. The van der Waals surface area contributed by atoms with E-state index in [4.69, 9.17) is 30.8 Å². The highest BCUT2D eigenvalue weighted by molar-refractivity contribution is 6.32. The van der Waals surface area contributed by atoms with Crippen LogP contribution in [0.2, 0.25) is 5.02 Å². The second-order valence-electron chi connectivity index (χ2n) is 5.32. The number of nitriles is 1. The second-order valence-corrected chi connectivity index (χ2v) is 5.73. The van der Waals surface area contributed by atoms with E-state index >= 15 is 0 Å². The third-order valence-electron chi connectivity index (χ3n) is 3.61. The van der Waals surface area contributed by atoms with E-state index in [9.17, 15) is 4.79 Å². The zero-order valence-electron chi connectivity index (χ0n) is 14.6. The van der Waals surface area contributed by atoms with Crippen LogP contribution in [0.5, 0.6) is 11.5 Å². The van der Waals surface area contributed by atoms with Gasteiger partial charge >= 0.3 is 0 Å². The second kappa shape index (κ2) is 9.54. The van der Waals surface area contributed by atoms with E-state index in [1.54, 1.807) is 41.5 Å². The molecule has 0 unspecified atom stereocenters. The van der Waals surface area contributed by atoms with Crippen molar-refractivity contribution in [3.8, 4) is 17.6 Å². The topological polar surface area (TPSA) is 75.7 Å². The van der Waals surface area contributed by atoms with Crippen molar-refractivity contribution in [2.24, 2.45) is 0 Å². The molecule has 1 aromatic heterocycles. The van der Waals surface area contributed by atoms with Crippen LogP contribution < -0.4 is 9.47 Å². The summed E-state index contributed by atoms with van der Waals surface area (Å²) in [6.45, 7) is 0.609. The highest BCUT2D eigenvalue weighted by Crippen LogP contribution is 2.36. The van der Waals surface area contributed by atoms with Crippen LogP contribution in [-0.2, 0) is 11.3 Å². The average Bonchev–Trinajstić information content (AvgIpc) is 3.15. The van der Waals surface area contributed by atoms with Crippen molar-refractivity contribution in [3.63, 3.8) is 0 Å². The molecule has 0 aliphatic heterocycles. The van der Waals surface area contributed by atoms with Crippen LogP contribution in [0, 0.1) is 11.3 Å². The largest absolute Gasteiger partial charge is 0.493 e. The Hall–Kier alpha value is -2.91. The van der Waals surface area contributed by atoms with Gasteiger partial charge in [-0.05, 0) is 35.9 Å². The number of furan rings is 1. The zero-order valence-corrected chi connectivity index (χ0v) is 15.3. The van der Waals surface area contributed by atoms with E-state index in [1.807, 2.05) is 6.07 Å². The summed E-state index contributed by atoms with van der Waals surface area (Å²) in [5.74, 6) is 1.33. The lowest BCUT2D eigenvalue weighted by atomic mass is 10.1. The summed E-state index contributed by atoms with van der Waals surface area (Å²) in [7, 11) is 3.02. The first-order valence-corrected chi connectivity index (χ1v) is 8.24. The van der Waals surface area contributed by atoms with Crippen LogP contribution in [0.3, 0.4) is 0 Å². The molecule has 0 fully saturated rings. The maximum Gasteiger partial charge on any atom is 0.247 e. The smallest absolute Gasteiger partial charge is 0.247 e. The lowest BCUT2D eigenvalue weighted by Crippen LogP contribution is -2.29. The Labute approximate surface area is 157 Å². The molecule has 2 aromatic rings. The van der Waals surface area contributed by atoms with Crippen molar-refractivity contribution >= 4 is 23.6 Å². The molecule has 1 heterocycles. The SMILES string of the molecule is COc1cc(C=CC(=O)N(CCC#N)Cc2ccco2)cc(Cl)c1OC. The molecular formula is C19H19ClN2O4. The standard InChI is InChI=1S/C19H19ClN2O4/c1-24-17-12-14(11-16(20)19(17)25-2)6-7-18(23)22(9-4-8-21)13-15-5-3-10-26-15/h3,5-7,10-12H,4,9,13H2,1-2H3. The quantitative estimate of drug-likeness (QED) is 0.655. The summed E-state index contributed by atoms with van der Waals surface area (Å²) in [6.07, 6.45) is 4.85. The van der Waals surface area contributed by atoms with Crippen molar-refractivity contribution in [2.75, 3.05) is 20.8 Å². The van der Waals surface area contributed by atoms with E-state index in [0.29, 0.717) is 40.9 Å².